The van der Waals surface area contributed by atoms with Crippen LogP contribution in [-0.2, 0) is 0 Å². The van der Waals surface area contributed by atoms with E-state index in [-0.39, 0.29) is 0 Å². The summed E-state index contributed by atoms with van der Waals surface area (Å²) in [6.07, 6.45) is -1.11. The van der Waals surface area contributed by atoms with Crippen molar-refractivity contribution in [1.29, 1.82) is 0 Å². The van der Waals surface area contributed by atoms with Crippen LogP contribution in [0, 0.1) is 0 Å². The molecule has 1 atom stereocenters. The van der Waals surface area contributed by atoms with Gasteiger partial charge in [0, 0.05) is 11.4 Å². The number of nitrogens with one attached hydrogen (secondary N) is 2. The average molecular weight is 340 g/mol. The van der Waals surface area contributed by atoms with Crippen molar-refractivity contribution >= 4 is 23.4 Å². The normalized spacial score (nSPS) is 19.0. The van der Waals surface area contributed by atoms with Gasteiger partial charge in [0.05, 0.1) is 0 Å². The Labute approximate surface area is 145 Å². The first-order chi connectivity index (χ1) is 11.9. The third kappa shape index (κ3) is 3.14. The van der Waals surface area contributed by atoms with E-state index in [1.807, 2.05) is 12.1 Å². The molecule has 0 aromatic heterocycles. The van der Waals surface area contributed by atoms with Crippen molar-refractivity contribution in [3.63, 3.8) is 0 Å². The number of hydrogen-bond donors (Lipinski definition) is 3. The Hall–Kier alpha value is -3.06. The zero-order chi connectivity index (χ0) is 18.0. The molecule has 0 aliphatic carbocycles. The van der Waals surface area contributed by atoms with E-state index in [0.29, 0.717) is 11.4 Å². The molecule has 1 heterocycles. The fourth-order valence-corrected chi connectivity index (χ4v) is 2.70. The molecule has 0 saturated carbocycles. The predicted molar refractivity (Wildman–Crippen MR) is 94.8 cm³/mol. The van der Waals surface area contributed by atoms with Crippen LogP contribution >= 0.6 is 0 Å². The summed E-state index contributed by atoms with van der Waals surface area (Å²) >= 11 is 0. The number of urea groups is 2. The first kappa shape index (κ1) is 16.8. The minimum atomic E-state index is -1.11. The van der Waals surface area contributed by atoms with E-state index in [0.717, 1.165) is 5.01 Å². The molecule has 0 spiro atoms. The lowest BCUT2D eigenvalue weighted by molar-refractivity contribution is 0.0442. The molecule has 4 amide bonds. The van der Waals surface area contributed by atoms with Crippen LogP contribution < -0.4 is 15.6 Å². The molecular weight excluding hydrogens is 320 g/mol. The summed E-state index contributed by atoms with van der Waals surface area (Å²) in [7, 11) is 0. The summed E-state index contributed by atoms with van der Waals surface area (Å²) in [5, 5.41) is 14.4. The molecule has 130 valence electrons. The van der Waals surface area contributed by atoms with E-state index in [2.05, 4.69) is 10.7 Å². The number of anilines is 2. The number of nitrogens with zero attached hydrogens (tertiary/aromatic N) is 2. The second-order valence-electron chi connectivity index (χ2n) is 6.28. The van der Waals surface area contributed by atoms with Crippen molar-refractivity contribution in [3.8, 4) is 0 Å². The molecule has 7 nitrogen and oxygen atoms in total. The molecule has 7 heteroatoms. The number of carbonyl (C=O) groups excluding carboxylic acids is 2. The van der Waals surface area contributed by atoms with Crippen molar-refractivity contribution in [2.75, 3.05) is 10.2 Å². The monoisotopic (exact) mass is 340 g/mol. The van der Waals surface area contributed by atoms with Gasteiger partial charge in [0.25, 0.3) is 0 Å². The smallest absolute Gasteiger partial charge is 0.346 e. The van der Waals surface area contributed by atoms with E-state index in [4.69, 9.17) is 0 Å². The molecule has 3 rings (SSSR count). The maximum Gasteiger partial charge on any atom is 0.346 e. The molecule has 1 saturated heterocycles. The fraction of sp³-hybridized carbons (Fsp3) is 0.222. The Morgan fingerprint density at radius 3 is 2.20 bits per heavy atom. The van der Waals surface area contributed by atoms with Gasteiger partial charge in [-0.05, 0) is 38.1 Å². The first-order valence-corrected chi connectivity index (χ1v) is 7.90. The van der Waals surface area contributed by atoms with Crippen LogP contribution in [0.2, 0.25) is 0 Å². The molecule has 3 N–H and O–H groups in total. The number of amides is 4. The maximum absolute atomic E-state index is 12.8. The topological polar surface area (TPSA) is 84.9 Å². The minimum Gasteiger partial charge on any atom is -0.371 e. The summed E-state index contributed by atoms with van der Waals surface area (Å²) < 4.78 is 0. The van der Waals surface area contributed by atoms with Crippen LogP contribution in [0.1, 0.15) is 13.8 Å². The molecule has 2 aromatic rings. The lowest BCUT2D eigenvalue weighted by Gasteiger charge is -2.31. The van der Waals surface area contributed by atoms with Crippen LogP contribution in [0.5, 0.6) is 0 Å². The van der Waals surface area contributed by atoms with Gasteiger partial charge < -0.3 is 10.4 Å². The number of aliphatic hydroxyl groups is 1. The summed E-state index contributed by atoms with van der Waals surface area (Å²) in [5.74, 6) is 0. The summed E-state index contributed by atoms with van der Waals surface area (Å²) in [6, 6.07) is 16.7. The largest absolute Gasteiger partial charge is 0.371 e. The Bertz CT molecular complexity index is 764. The molecule has 0 unspecified atom stereocenters. The zero-order valence-corrected chi connectivity index (χ0v) is 14.0. The van der Waals surface area contributed by atoms with Gasteiger partial charge in [-0.25, -0.2) is 20.0 Å². The molecule has 1 aliphatic rings. The number of hydrazine groups is 1. The Kier molecular flexibility index (Phi) is 4.33. The maximum atomic E-state index is 12.8. The number of carbonyl (C=O) groups is 2. The van der Waals surface area contributed by atoms with Crippen molar-refractivity contribution < 1.29 is 14.7 Å². The summed E-state index contributed by atoms with van der Waals surface area (Å²) in [6.45, 7) is 3.36. The third-order valence-electron chi connectivity index (χ3n) is 4.13. The Morgan fingerprint density at radius 2 is 1.60 bits per heavy atom. The van der Waals surface area contributed by atoms with E-state index >= 15 is 0 Å². The predicted octanol–water partition coefficient (Wildman–Crippen LogP) is 2.76. The van der Waals surface area contributed by atoms with Gasteiger partial charge in [0.15, 0.2) is 6.23 Å². The van der Waals surface area contributed by atoms with Crippen LogP contribution in [0.3, 0.4) is 0 Å². The van der Waals surface area contributed by atoms with Crippen molar-refractivity contribution in [1.82, 2.24) is 10.4 Å². The number of benzene rings is 2. The lowest BCUT2D eigenvalue weighted by atomic mass is 10.0. The highest BCUT2D eigenvalue weighted by Gasteiger charge is 2.52. The van der Waals surface area contributed by atoms with Gasteiger partial charge in [0.1, 0.15) is 5.54 Å². The number of rotatable bonds is 3. The van der Waals surface area contributed by atoms with Crippen LogP contribution in [-0.4, -0.2) is 33.9 Å². The zero-order valence-electron chi connectivity index (χ0n) is 14.0. The summed E-state index contributed by atoms with van der Waals surface area (Å²) in [4.78, 5) is 26.3. The van der Waals surface area contributed by atoms with Crippen LogP contribution in [0.25, 0.3) is 0 Å². The van der Waals surface area contributed by atoms with Gasteiger partial charge in [-0.3, -0.25) is 4.90 Å². The molecule has 25 heavy (non-hydrogen) atoms. The minimum absolute atomic E-state index is 0.507. The molecule has 2 aromatic carbocycles. The fourth-order valence-electron chi connectivity index (χ4n) is 2.70. The number of hydrogen-bond acceptors (Lipinski definition) is 3. The Morgan fingerprint density at radius 1 is 1.04 bits per heavy atom. The molecule has 1 fully saturated rings. The quantitative estimate of drug-likeness (QED) is 0.803. The van der Waals surface area contributed by atoms with E-state index in [1.54, 1.807) is 62.4 Å². The van der Waals surface area contributed by atoms with E-state index in [1.165, 1.54) is 4.90 Å². The van der Waals surface area contributed by atoms with Crippen molar-refractivity contribution in [2.45, 2.75) is 25.6 Å². The van der Waals surface area contributed by atoms with Gasteiger partial charge in [-0.1, -0.05) is 36.4 Å². The molecular formula is C18H20N4O3. The van der Waals surface area contributed by atoms with Gasteiger partial charge in [-0.2, -0.15) is 0 Å². The highest BCUT2D eigenvalue weighted by molar-refractivity contribution is 5.98. The van der Waals surface area contributed by atoms with Crippen LogP contribution in [0.15, 0.2) is 60.7 Å². The van der Waals surface area contributed by atoms with Crippen LogP contribution in [0.4, 0.5) is 21.0 Å². The average Bonchev–Trinajstić information content (AvgIpc) is 2.76. The van der Waals surface area contributed by atoms with Crippen molar-refractivity contribution in [3.05, 3.63) is 60.7 Å². The standard InChI is InChI=1S/C18H20N4O3/c1-18(2)15(23)21(14-11-7-4-8-12-14)17(25)22(18)20-16(24)19-13-9-5-3-6-10-13/h3-12,15,23H,1-2H3,(H2,19,20,24)/t15-/m0/s1. The molecule has 1 aliphatic heterocycles. The SMILES string of the molecule is CC1(C)[C@H](O)N(c2ccccc2)C(=O)N1NC(=O)Nc1ccccc1. The number of para-hydroxylation sites is 2. The molecule has 0 bridgehead atoms. The lowest BCUT2D eigenvalue weighted by Crippen LogP contribution is -2.56. The highest BCUT2D eigenvalue weighted by Crippen LogP contribution is 2.33. The van der Waals surface area contributed by atoms with Gasteiger partial charge >= 0.3 is 12.1 Å². The first-order valence-electron chi connectivity index (χ1n) is 7.90. The second-order valence-corrected chi connectivity index (χ2v) is 6.28. The third-order valence-corrected chi connectivity index (χ3v) is 4.13. The number of aliphatic hydroxyl groups excluding tert-OH is 1. The van der Waals surface area contributed by atoms with E-state index < -0.39 is 23.8 Å². The summed E-state index contributed by atoms with van der Waals surface area (Å²) in [5.41, 5.74) is 2.67. The second kappa shape index (κ2) is 6.45. The Balaban J connectivity index is 1.79. The molecule has 0 radical (unpaired) electrons. The van der Waals surface area contributed by atoms with E-state index in [9.17, 15) is 14.7 Å². The van der Waals surface area contributed by atoms with Gasteiger partial charge in [0.2, 0.25) is 0 Å². The van der Waals surface area contributed by atoms with Gasteiger partial charge in [-0.15, -0.1) is 0 Å². The highest BCUT2D eigenvalue weighted by atomic mass is 16.3. The van der Waals surface area contributed by atoms with Crippen molar-refractivity contribution in [2.24, 2.45) is 0 Å².